The van der Waals surface area contributed by atoms with Crippen LogP contribution in [0, 0.1) is 5.82 Å². The monoisotopic (exact) mass is 445 g/mol. The maximum atomic E-state index is 13.6. The molecule has 2 aliphatic rings. The van der Waals surface area contributed by atoms with E-state index in [9.17, 15) is 19.1 Å². The summed E-state index contributed by atoms with van der Waals surface area (Å²) in [5.74, 6) is -1.31. The number of aliphatic hydroxyl groups excluding tert-OH is 1. The van der Waals surface area contributed by atoms with Crippen LogP contribution >= 0.6 is 0 Å². The van der Waals surface area contributed by atoms with Gasteiger partial charge in [0.15, 0.2) is 11.5 Å². The van der Waals surface area contributed by atoms with Gasteiger partial charge in [0.2, 0.25) is 0 Å². The molecule has 1 atom stereocenters. The molecule has 0 radical (unpaired) electrons. The molecule has 0 bridgehead atoms. The molecule has 3 aromatic carbocycles. The van der Waals surface area contributed by atoms with Crippen LogP contribution in [0.4, 0.5) is 4.39 Å². The number of hydrogen-bond donors (Lipinski definition) is 1. The topological polar surface area (TPSA) is 76.1 Å². The van der Waals surface area contributed by atoms with Gasteiger partial charge in [0.25, 0.3) is 11.7 Å². The number of halogens is 1. The lowest BCUT2D eigenvalue weighted by atomic mass is 9.95. The number of aliphatic hydroxyl groups is 1. The third kappa shape index (κ3) is 3.82. The summed E-state index contributed by atoms with van der Waals surface area (Å²) in [5, 5.41) is 11.2. The van der Waals surface area contributed by atoms with Gasteiger partial charge in [0, 0.05) is 12.1 Å². The first-order valence-electron chi connectivity index (χ1n) is 10.5. The van der Waals surface area contributed by atoms with Crippen molar-refractivity contribution in [3.05, 3.63) is 101 Å². The van der Waals surface area contributed by atoms with E-state index in [0.29, 0.717) is 35.8 Å². The van der Waals surface area contributed by atoms with E-state index in [4.69, 9.17) is 9.47 Å². The van der Waals surface area contributed by atoms with Gasteiger partial charge in [-0.1, -0.05) is 42.5 Å². The van der Waals surface area contributed by atoms with Crippen LogP contribution in [0.1, 0.15) is 22.7 Å². The molecule has 0 spiro atoms. The standard InChI is InChI=1S/C26H20FNO5/c27-19-9-6-17(7-10-19)23-22(24(29)18-8-11-20-21(14-18)33-13-12-32-20)25(30)26(31)28(23)15-16-4-2-1-3-5-16/h1-11,14,23,29H,12-13,15H2. The van der Waals surface area contributed by atoms with E-state index in [2.05, 4.69) is 0 Å². The van der Waals surface area contributed by atoms with Gasteiger partial charge in [-0.2, -0.15) is 0 Å². The molecule has 0 aliphatic carbocycles. The van der Waals surface area contributed by atoms with E-state index in [1.807, 2.05) is 30.3 Å². The van der Waals surface area contributed by atoms with Crippen LogP contribution in [0.3, 0.4) is 0 Å². The van der Waals surface area contributed by atoms with Crippen LogP contribution in [0.25, 0.3) is 5.76 Å². The predicted octanol–water partition coefficient (Wildman–Crippen LogP) is 4.22. The Morgan fingerprint density at radius 3 is 2.36 bits per heavy atom. The fourth-order valence-corrected chi connectivity index (χ4v) is 4.16. The quantitative estimate of drug-likeness (QED) is 0.370. The molecule has 1 saturated heterocycles. The number of benzene rings is 3. The van der Waals surface area contributed by atoms with Gasteiger partial charge >= 0.3 is 0 Å². The van der Waals surface area contributed by atoms with E-state index in [0.717, 1.165) is 5.56 Å². The number of nitrogens with zero attached hydrogens (tertiary/aromatic N) is 1. The zero-order valence-electron chi connectivity index (χ0n) is 17.5. The lowest BCUT2D eigenvalue weighted by Gasteiger charge is -2.25. The number of amides is 1. The number of carbonyl (C=O) groups is 2. The highest BCUT2D eigenvalue weighted by molar-refractivity contribution is 6.46. The van der Waals surface area contributed by atoms with E-state index < -0.39 is 23.5 Å². The highest BCUT2D eigenvalue weighted by Gasteiger charge is 2.46. The van der Waals surface area contributed by atoms with Crippen molar-refractivity contribution in [1.82, 2.24) is 4.90 Å². The first kappa shape index (κ1) is 20.8. The van der Waals surface area contributed by atoms with Crippen LogP contribution in [-0.2, 0) is 16.1 Å². The fourth-order valence-electron chi connectivity index (χ4n) is 4.16. The fraction of sp³-hybridized carbons (Fsp3) is 0.154. The van der Waals surface area contributed by atoms with Crippen LogP contribution in [0.2, 0.25) is 0 Å². The maximum absolute atomic E-state index is 13.6. The second-order valence-electron chi connectivity index (χ2n) is 7.82. The van der Waals surface area contributed by atoms with Gasteiger partial charge in [-0.3, -0.25) is 9.59 Å². The summed E-state index contributed by atoms with van der Waals surface area (Å²) >= 11 is 0. The molecule has 2 heterocycles. The molecule has 5 rings (SSSR count). The van der Waals surface area contributed by atoms with Crippen molar-refractivity contribution in [3.63, 3.8) is 0 Å². The molecular formula is C26H20FNO5. The minimum Gasteiger partial charge on any atom is -0.507 e. The number of carbonyl (C=O) groups excluding carboxylic acids is 2. The number of rotatable bonds is 4. The lowest BCUT2D eigenvalue weighted by Crippen LogP contribution is -2.29. The molecule has 166 valence electrons. The lowest BCUT2D eigenvalue weighted by molar-refractivity contribution is -0.140. The zero-order valence-corrected chi connectivity index (χ0v) is 17.5. The Hall–Kier alpha value is -4.13. The highest BCUT2D eigenvalue weighted by atomic mass is 19.1. The summed E-state index contributed by atoms with van der Waals surface area (Å²) in [6.45, 7) is 0.952. The van der Waals surface area contributed by atoms with Crippen LogP contribution in [-0.4, -0.2) is 34.9 Å². The highest BCUT2D eigenvalue weighted by Crippen LogP contribution is 2.41. The summed E-state index contributed by atoms with van der Waals surface area (Å²) in [7, 11) is 0. The van der Waals surface area contributed by atoms with Crippen molar-refractivity contribution in [2.24, 2.45) is 0 Å². The molecule has 33 heavy (non-hydrogen) atoms. The molecule has 1 amide bonds. The van der Waals surface area contributed by atoms with Crippen molar-refractivity contribution in [3.8, 4) is 11.5 Å². The van der Waals surface area contributed by atoms with Crippen LogP contribution < -0.4 is 9.47 Å². The zero-order chi connectivity index (χ0) is 22.9. The number of likely N-dealkylation sites (tertiary alicyclic amines) is 1. The van der Waals surface area contributed by atoms with Gasteiger partial charge in [-0.25, -0.2) is 4.39 Å². The van der Waals surface area contributed by atoms with Crippen molar-refractivity contribution in [1.29, 1.82) is 0 Å². The molecule has 0 saturated carbocycles. The second-order valence-corrected chi connectivity index (χ2v) is 7.82. The van der Waals surface area contributed by atoms with Gasteiger partial charge in [0.1, 0.15) is 24.8 Å². The van der Waals surface area contributed by atoms with Crippen molar-refractivity contribution in [2.45, 2.75) is 12.6 Å². The van der Waals surface area contributed by atoms with Gasteiger partial charge in [-0.15, -0.1) is 0 Å². The minimum atomic E-state index is -0.876. The summed E-state index contributed by atoms with van der Waals surface area (Å²) in [6.07, 6.45) is 0. The van der Waals surface area contributed by atoms with Crippen molar-refractivity contribution < 1.29 is 28.6 Å². The smallest absolute Gasteiger partial charge is 0.295 e. The Morgan fingerprint density at radius 1 is 0.939 bits per heavy atom. The first-order valence-corrected chi connectivity index (χ1v) is 10.5. The van der Waals surface area contributed by atoms with Gasteiger partial charge in [-0.05, 0) is 41.5 Å². The molecule has 1 fully saturated rings. The first-order chi connectivity index (χ1) is 16.0. The molecule has 0 aromatic heterocycles. The molecular weight excluding hydrogens is 425 g/mol. The molecule has 7 heteroatoms. The molecule has 2 aliphatic heterocycles. The molecule has 1 unspecified atom stereocenters. The Bertz CT molecular complexity index is 1250. The average molecular weight is 445 g/mol. The van der Waals surface area contributed by atoms with E-state index in [-0.39, 0.29) is 17.9 Å². The van der Waals surface area contributed by atoms with Crippen molar-refractivity contribution >= 4 is 17.4 Å². The van der Waals surface area contributed by atoms with E-state index in [1.165, 1.54) is 29.2 Å². The summed E-state index contributed by atoms with van der Waals surface area (Å²) < 4.78 is 24.7. The van der Waals surface area contributed by atoms with Crippen molar-refractivity contribution in [2.75, 3.05) is 13.2 Å². The molecule has 3 aromatic rings. The summed E-state index contributed by atoms with van der Waals surface area (Å²) in [4.78, 5) is 27.6. The number of ketones is 1. The Labute approximate surface area is 189 Å². The van der Waals surface area contributed by atoms with Crippen LogP contribution in [0.5, 0.6) is 11.5 Å². The van der Waals surface area contributed by atoms with E-state index in [1.54, 1.807) is 18.2 Å². The number of hydrogen-bond acceptors (Lipinski definition) is 5. The predicted molar refractivity (Wildman–Crippen MR) is 118 cm³/mol. The number of fused-ring (bicyclic) bond motifs is 1. The van der Waals surface area contributed by atoms with E-state index >= 15 is 0 Å². The Kier molecular flexibility index (Phi) is 5.30. The van der Waals surface area contributed by atoms with Gasteiger partial charge < -0.3 is 19.5 Å². The van der Waals surface area contributed by atoms with Gasteiger partial charge in [0.05, 0.1) is 11.6 Å². The van der Waals surface area contributed by atoms with Crippen LogP contribution in [0.15, 0.2) is 78.4 Å². The molecule has 6 nitrogen and oxygen atoms in total. The third-order valence-electron chi connectivity index (χ3n) is 5.74. The second kappa shape index (κ2) is 8.43. The normalized spacial score (nSPS) is 19.1. The maximum Gasteiger partial charge on any atom is 0.295 e. The Morgan fingerprint density at radius 2 is 1.64 bits per heavy atom. The summed E-state index contributed by atoms with van der Waals surface area (Å²) in [6, 6.07) is 18.8. The Balaban J connectivity index is 1.63. The third-order valence-corrected chi connectivity index (χ3v) is 5.74. The number of Topliss-reactive ketones (excluding diaryl/α,β-unsaturated/α-hetero) is 1. The molecule has 1 N–H and O–H groups in total. The largest absolute Gasteiger partial charge is 0.507 e. The minimum absolute atomic E-state index is 0.0563. The average Bonchev–Trinajstić information content (AvgIpc) is 3.09. The SMILES string of the molecule is O=C1C(=O)N(Cc2ccccc2)C(c2ccc(F)cc2)C1=C(O)c1ccc2c(c1)OCCO2. The number of ether oxygens (including phenoxy) is 2. The summed E-state index contributed by atoms with van der Waals surface area (Å²) in [5.41, 5.74) is 1.61.